The molecule has 1 fully saturated rings. The number of carbonyl (C=O) groups is 2. The highest BCUT2D eigenvalue weighted by molar-refractivity contribution is 5.93. The first-order chi connectivity index (χ1) is 12.7. The average molecular weight is 360 g/mol. The fraction of sp³-hybridized carbons (Fsp3) is 0.600. The highest BCUT2D eigenvalue weighted by atomic mass is 16.5. The molecule has 1 saturated heterocycles. The van der Waals surface area contributed by atoms with Gasteiger partial charge < -0.3 is 9.64 Å². The van der Waals surface area contributed by atoms with Crippen molar-refractivity contribution in [3.8, 4) is 0 Å². The Kier molecular flexibility index (Phi) is 6.63. The van der Waals surface area contributed by atoms with Crippen LogP contribution in [0.25, 0.3) is 0 Å². The molecular weight excluding hydrogens is 332 g/mol. The third kappa shape index (κ3) is 4.83. The zero-order valence-electron chi connectivity index (χ0n) is 15.2. The van der Waals surface area contributed by atoms with E-state index in [0.29, 0.717) is 24.4 Å². The quantitative estimate of drug-likeness (QED) is 0.640. The van der Waals surface area contributed by atoms with Gasteiger partial charge in [0, 0.05) is 31.0 Å². The maximum Gasteiger partial charge on any atom is 0.274 e. The van der Waals surface area contributed by atoms with Gasteiger partial charge in [-0.1, -0.05) is 18.9 Å². The minimum Gasteiger partial charge on any atom is -0.381 e. The van der Waals surface area contributed by atoms with E-state index in [2.05, 4.69) is 0 Å². The van der Waals surface area contributed by atoms with Crippen LogP contribution in [0.3, 0.4) is 0 Å². The van der Waals surface area contributed by atoms with Gasteiger partial charge in [-0.3, -0.25) is 14.8 Å². The average Bonchev–Trinajstić information content (AvgIpc) is 2.61. The summed E-state index contributed by atoms with van der Waals surface area (Å²) >= 11 is 0. The lowest BCUT2D eigenvalue weighted by atomic mass is 9.95. The van der Waals surface area contributed by atoms with Crippen molar-refractivity contribution in [1.82, 2.24) is 10.4 Å². The van der Waals surface area contributed by atoms with E-state index in [-0.39, 0.29) is 5.91 Å². The number of ether oxygens (including phenoxy) is 1. The first kappa shape index (κ1) is 18.9. The van der Waals surface area contributed by atoms with Crippen molar-refractivity contribution in [3.05, 3.63) is 34.9 Å². The molecule has 3 rings (SSSR count). The van der Waals surface area contributed by atoms with E-state index in [1.807, 2.05) is 17.0 Å². The van der Waals surface area contributed by atoms with Crippen molar-refractivity contribution in [2.45, 2.75) is 44.9 Å². The van der Waals surface area contributed by atoms with Crippen molar-refractivity contribution in [1.29, 1.82) is 0 Å². The lowest BCUT2D eigenvalue weighted by molar-refractivity contribution is -0.134. The summed E-state index contributed by atoms with van der Waals surface area (Å²) in [4.78, 5) is 26.3. The number of benzene rings is 1. The van der Waals surface area contributed by atoms with Gasteiger partial charge >= 0.3 is 0 Å². The first-order valence-corrected chi connectivity index (χ1v) is 9.59. The lowest BCUT2D eigenvalue weighted by Crippen LogP contribution is -2.43. The van der Waals surface area contributed by atoms with Gasteiger partial charge in [-0.05, 0) is 48.9 Å². The summed E-state index contributed by atoms with van der Waals surface area (Å²) in [5, 5.41) is 8.87. The summed E-state index contributed by atoms with van der Waals surface area (Å²) in [6, 6.07) is 5.57. The summed E-state index contributed by atoms with van der Waals surface area (Å²) < 4.78 is 5.26. The Bertz CT molecular complexity index is 643. The van der Waals surface area contributed by atoms with Crippen LogP contribution >= 0.6 is 0 Å². The summed E-state index contributed by atoms with van der Waals surface area (Å²) in [6.45, 7) is 2.98. The number of hydrogen-bond acceptors (Lipinski definition) is 4. The summed E-state index contributed by atoms with van der Waals surface area (Å²) in [5.41, 5.74) is 4.50. The molecule has 2 aliphatic rings. The number of nitrogens with one attached hydrogen (secondary N) is 1. The van der Waals surface area contributed by atoms with E-state index in [0.717, 1.165) is 63.8 Å². The summed E-state index contributed by atoms with van der Waals surface area (Å²) in [7, 11) is 0. The van der Waals surface area contributed by atoms with E-state index in [9.17, 15) is 9.59 Å². The van der Waals surface area contributed by atoms with Crippen LogP contribution in [0.1, 0.15) is 53.6 Å². The predicted molar refractivity (Wildman–Crippen MR) is 97.1 cm³/mol. The molecule has 6 heteroatoms. The number of hydroxylamine groups is 1. The summed E-state index contributed by atoms with van der Waals surface area (Å²) in [6.07, 6.45) is 6.47. The second-order valence-corrected chi connectivity index (χ2v) is 7.33. The second kappa shape index (κ2) is 9.14. The Morgan fingerprint density at radius 1 is 1.12 bits per heavy atom. The fourth-order valence-corrected chi connectivity index (χ4v) is 3.69. The smallest absolute Gasteiger partial charge is 0.274 e. The van der Waals surface area contributed by atoms with Crippen molar-refractivity contribution in [3.63, 3.8) is 0 Å². The third-order valence-electron chi connectivity index (χ3n) is 5.35. The lowest BCUT2D eigenvalue weighted by Gasteiger charge is -2.33. The van der Waals surface area contributed by atoms with Crippen molar-refractivity contribution < 1.29 is 19.5 Å². The molecular formula is C20H28N2O4. The normalized spacial score (nSPS) is 19.7. The maximum absolute atomic E-state index is 12.6. The Morgan fingerprint density at radius 2 is 1.88 bits per heavy atom. The monoisotopic (exact) mass is 360 g/mol. The molecule has 0 atom stereocenters. The first-order valence-electron chi connectivity index (χ1n) is 9.59. The van der Waals surface area contributed by atoms with Crippen LogP contribution in [-0.2, 0) is 22.4 Å². The number of fused-ring (bicyclic) bond motifs is 1. The zero-order chi connectivity index (χ0) is 18.4. The number of nitrogens with zero attached hydrogens (tertiary/aromatic N) is 1. The van der Waals surface area contributed by atoms with Gasteiger partial charge in [0.05, 0.1) is 13.2 Å². The van der Waals surface area contributed by atoms with Crippen LogP contribution in [0, 0.1) is 5.92 Å². The molecule has 2 aliphatic heterocycles. The standard InChI is InChI=1S/C20H28N2O4/c23-19-6-4-2-1-3-5-17-11-18(20(24)21-25)8-7-16(17)9-10-22(19)12-15-13-26-14-15/h7-8,11,15,25H,1-6,9-10,12-14H2,(H,21,24). The van der Waals surface area contributed by atoms with Gasteiger partial charge in [-0.2, -0.15) is 0 Å². The number of aryl methyl sites for hydroxylation is 1. The van der Waals surface area contributed by atoms with E-state index >= 15 is 0 Å². The van der Waals surface area contributed by atoms with Gasteiger partial charge in [0.1, 0.15) is 0 Å². The Balaban J connectivity index is 1.76. The van der Waals surface area contributed by atoms with Crippen molar-refractivity contribution in [2.24, 2.45) is 5.92 Å². The van der Waals surface area contributed by atoms with E-state index < -0.39 is 5.91 Å². The van der Waals surface area contributed by atoms with E-state index in [1.54, 1.807) is 11.5 Å². The van der Waals surface area contributed by atoms with Crippen molar-refractivity contribution in [2.75, 3.05) is 26.3 Å². The molecule has 142 valence electrons. The Hall–Kier alpha value is -1.92. The SMILES string of the molecule is O=C(NO)c1ccc2c(c1)CCCCCCC(=O)N(CC1COC1)CC2. The van der Waals surface area contributed by atoms with Gasteiger partial charge in [0.2, 0.25) is 5.91 Å². The molecule has 1 aromatic carbocycles. The number of amides is 2. The second-order valence-electron chi connectivity index (χ2n) is 7.33. The molecule has 0 radical (unpaired) electrons. The summed E-state index contributed by atoms with van der Waals surface area (Å²) in [5.74, 6) is 0.220. The van der Waals surface area contributed by atoms with Crippen LogP contribution in [0.15, 0.2) is 18.2 Å². The molecule has 2 amide bonds. The van der Waals surface area contributed by atoms with Crippen LogP contribution in [0.5, 0.6) is 0 Å². The minimum atomic E-state index is -0.485. The number of hydrogen-bond donors (Lipinski definition) is 2. The molecule has 0 unspecified atom stereocenters. The fourth-order valence-electron chi connectivity index (χ4n) is 3.69. The molecule has 0 aliphatic carbocycles. The largest absolute Gasteiger partial charge is 0.381 e. The molecule has 0 saturated carbocycles. The van der Waals surface area contributed by atoms with Crippen LogP contribution < -0.4 is 5.48 Å². The van der Waals surface area contributed by atoms with E-state index in [4.69, 9.17) is 9.94 Å². The highest BCUT2D eigenvalue weighted by Crippen LogP contribution is 2.20. The zero-order valence-corrected chi connectivity index (χ0v) is 15.2. The molecule has 2 heterocycles. The molecule has 1 aromatic rings. The predicted octanol–water partition coefficient (Wildman–Crippen LogP) is 2.33. The molecule has 6 nitrogen and oxygen atoms in total. The maximum atomic E-state index is 12.6. The molecule has 2 N–H and O–H groups in total. The molecule has 26 heavy (non-hydrogen) atoms. The van der Waals surface area contributed by atoms with Crippen molar-refractivity contribution >= 4 is 11.8 Å². The highest BCUT2D eigenvalue weighted by Gasteiger charge is 2.24. The Morgan fingerprint density at radius 3 is 2.58 bits per heavy atom. The third-order valence-corrected chi connectivity index (χ3v) is 5.35. The van der Waals surface area contributed by atoms with Gasteiger partial charge in [-0.15, -0.1) is 0 Å². The van der Waals surface area contributed by atoms with Crippen LogP contribution in [0.4, 0.5) is 0 Å². The topological polar surface area (TPSA) is 78.9 Å². The molecule has 0 aromatic heterocycles. The Labute approximate surface area is 154 Å². The van der Waals surface area contributed by atoms with Gasteiger partial charge in [-0.25, -0.2) is 5.48 Å². The minimum absolute atomic E-state index is 0.246. The van der Waals surface area contributed by atoms with Crippen LogP contribution in [-0.4, -0.2) is 48.2 Å². The van der Waals surface area contributed by atoms with Gasteiger partial charge in [0.25, 0.3) is 5.91 Å². The molecule has 0 spiro atoms. The molecule has 0 bridgehead atoms. The van der Waals surface area contributed by atoms with Gasteiger partial charge in [0.15, 0.2) is 0 Å². The van der Waals surface area contributed by atoms with Crippen LogP contribution in [0.2, 0.25) is 0 Å². The number of rotatable bonds is 3. The number of carbonyl (C=O) groups excluding carboxylic acids is 2. The van der Waals surface area contributed by atoms with E-state index in [1.165, 1.54) is 5.56 Å².